The van der Waals surface area contributed by atoms with Gasteiger partial charge in [-0.1, -0.05) is 79.0 Å². The molecule has 4 aliphatic heterocycles. The van der Waals surface area contributed by atoms with Crippen LogP contribution >= 0.6 is 0 Å². The second-order valence-electron chi connectivity index (χ2n) is 34.6. The Hall–Kier alpha value is -13.1. The molecule has 9 aromatic rings. The summed E-state index contributed by atoms with van der Waals surface area (Å²) in [6, 6.07) is 30.8. The van der Waals surface area contributed by atoms with Crippen molar-refractivity contribution >= 4 is 53.4 Å². The Bertz CT molecular complexity index is 5470. The zero-order chi connectivity index (χ0) is 96.5. The van der Waals surface area contributed by atoms with Crippen LogP contribution < -0.4 is 21.7 Å². The number of urea groups is 1. The molecule has 6 aromatic carbocycles. The maximum Gasteiger partial charge on any atom is 0.338 e. The quantitative estimate of drug-likeness (QED) is 0.0111. The van der Waals surface area contributed by atoms with Crippen molar-refractivity contribution in [3.05, 3.63) is 258 Å². The van der Waals surface area contributed by atoms with E-state index in [0.29, 0.717) is 131 Å². The summed E-state index contributed by atoms with van der Waals surface area (Å²) in [4.78, 5) is 128. The van der Waals surface area contributed by atoms with Gasteiger partial charge in [-0.3, -0.25) is 53.2 Å². The minimum atomic E-state index is -1.29. The van der Waals surface area contributed by atoms with Gasteiger partial charge in [-0.15, -0.1) is 28.5 Å². The number of aromatic carboxylic acids is 1. The molecule has 3 aromatic heterocycles. The molecule has 9 amide bonds. The van der Waals surface area contributed by atoms with E-state index in [2.05, 4.69) is 91.6 Å². The highest BCUT2D eigenvalue weighted by Crippen LogP contribution is 2.46. The number of halogens is 6. The fourth-order valence-electron chi connectivity index (χ4n) is 16.7. The number of carboxylic acids is 1. The molecule has 7 heterocycles. The first-order chi connectivity index (χ1) is 64.9. The van der Waals surface area contributed by atoms with Crippen LogP contribution in [0, 0.1) is 34.9 Å². The summed E-state index contributed by atoms with van der Waals surface area (Å²) in [5.74, 6) is -5.40. The lowest BCUT2D eigenvalue weighted by Gasteiger charge is -2.35. The molecule has 734 valence electrons. The summed E-state index contributed by atoms with van der Waals surface area (Å²) in [6.07, 6.45) is 19.5. The fraction of sp³-hybridized carbons (Fsp3) is 0.439. The number of amides is 9. The van der Waals surface area contributed by atoms with Gasteiger partial charge in [-0.05, 0) is 188 Å². The summed E-state index contributed by atoms with van der Waals surface area (Å²) in [7, 11) is 8.81. The van der Waals surface area contributed by atoms with Gasteiger partial charge in [0, 0.05) is 160 Å². The molecule has 3 aliphatic carbocycles. The van der Waals surface area contributed by atoms with Gasteiger partial charge in [0.1, 0.15) is 53.4 Å². The molecule has 3 saturated carbocycles. The number of likely N-dealkylation sites (N-methyl/N-ethyl adjacent to an activating group) is 3. The van der Waals surface area contributed by atoms with E-state index in [4.69, 9.17) is 10.8 Å². The van der Waals surface area contributed by atoms with Crippen LogP contribution in [0.15, 0.2) is 190 Å². The van der Waals surface area contributed by atoms with Crippen molar-refractivity contribution in [1.82, 2.24) is 110 Å². The summed E-state index contributed by atoms with van der Waals surface area (Å²) in [6.45, 7) is 20.3. The average molecular weight is 1900 g/mol. The molecular formula is C98H125F6N23O10. The summed E-state index contributed by atoms with van der Waals surface area (Å²) in [5.41, 5.74) is 10.3. The number of imide groups is 2. The van der Waals surface area contributed by atoms with Gasteiger partial charge in [0.25, 0.3) is 11.8 Å². The first-order valence-corrected chi connectivity index (χ1v) is 45.2. The van der Waals surface area contributed by atoms with Crippen molar-refractivity contribution in [3.63, 3.8) is 0 Å². The number of aromatic nitrogens is 9. The lowest BCUT2D eigenvalue weighted by Crippen LogP contribution is -2.54. The molecule has 16 rings (SSSR count). The van der Waals surface area contributed by atoms with Gasteiger partial charge < -0.3 is 56.2 Å². The largest absolute Gasteiger partial charge is 0.478 e. The Morgan fingerprint density at radius 3 is 1.15 bits per heavy atom. The lowest BCUT2D eigenvalue weighted by molar-refractivity contribution is -0.141. The molecule has 0 bridgehead atoms. The van der Waals surface area contributed by atoms with Crippen molar-refractivity contribution in [2.75, 3.05) is 146 Å². The predicted octanol–water partition coefficient (Wildman–Crippen LogP) is 9.44. The maximum absolute atomic E-state index is 15.0. The lowest BCUT2D eigenvalue weighted by atomic mass is 10.1. The average Bonchev–Trinajstić information content (AvgIpc) is 1.63. The fourth-order valence-corrected chi connectivity index (χ4v) is 16.7. The number of barbiturate groups is 1. The maximum atomic E-state index is 15.0. The Labute approximate surface area is 794 Å². The molecule has 4 saturated heterocycles. The number of benzene rings is 6. The van der Waals surface area contributed by atoms with Gasteiger partial charge in [-0.25, -0.2) is 50.0 Å². The van der Waals surface area contributed by atoms with Crippen molar-refractivity contribution in [2.24, 2.45) is 5.73 Å². The van der Waals surface area contributed by atoms with Crippen LogP contribution in [-0.4, -0.2) is 335 Å². The smallest absolute Gasteiger partial charge is 0.338 e. The van der Waals surface area contributed by atoms with E-state index in [-0.39, 0.29) is 73.1 Å². The summed E-state index contributed by atoms with van der Waals surface area (Å²) >= 11 is 0. The van der Waals surface area contributed by atoms with Crippen molar-refractivity contribution in [2.45, 2.75) is 133 Å². The van der Waals surface area contributed by atoms with E-state index in [0.717, 1.165) is 118 Å². The van der Waals surface area contributed by atoms with Crippen LogP contribution in [0.25, 0.3) is 17.1 Å². The van der Waals surface area contributed by atoms with Crippen molar-refractivity contribution in [1.29, 1.82) is 0 Å². The molecule has 7 aliphatic rings. The van der Waals surface area contributed by atoms with Crippen LogP contribution in [0.1, 0.15) is 145 Å². The molecule has 0 unspecified atom stereocenters. The molecule has 7 fully saturated rings. The van der Waals surface area contributed by atoms with E-state index in [9.17, 15) is 65.1 Å². The van der Waals surface area contributed by atoms with Crippen LogP contribution in [0.4, 0.5) is 31.1 Å². The number of carboxylic acid groups (broad SMARTS) is 1. The molecule has 9 atom stereocenters. The van der Waals surface area contributed by atoms with Crippen LogP contribution in [0.2, 0.25) is 0 Å². The minimum Gasteiger partial charge on any atom is -0.478 e. The highest BCUT2D eigenvalue weighted by Gasteiger charge is 2.45. The summed E-state index contributed by atoms with van der Waals surface area (Å²) < 4.78 is 87.0. The normalized spacial score (nSPS) is 19.2. The van der Waals surface area contributed by atoms with Crippen molar-refractivity contribution in [3.8, 4) is 17.1 Å². The third-order valence-corrected chi connectivity index (χ3v) is 25.1. The number of carbonyl (C=O) groups excluding carboxylic acids is 8. The zero-order valence-corrected chi connectivity index (χ0v) is 76.4. The Balaban J connectivity index is 0.000000188. The van der Waals surface area contributed by atoms with E-state index in [1.165, 1.54) is 131 Å². The topological polar surface area (TPSA) is 360 Å². The van der Waals surface area contributed by atoms with Crippen LogP contribution in [-0.2, 0) is 24.0 Å². The second kappa shape index (κ2) is 50.7. The highest BCUT2D eigenvalue weighted by molar-refractivity contribution is 6.13. The molecule has 137 heavy (non-hydrogen) atoms. The molecule has 6 N–H and O–H groups in total. The number of rotatable bonds is 33. The van der Waals surface area contributed by atoms with E-state index in [1.54, 1.807) is 34.3 Å². The number of nitrogens with one attached hydrogen (secondary N) is 3. The first-order valence-electron chi connectivity index (χ1n) is 45.2. The van der Waals surface area contributed by atoms with E-state index >= 15 is 4.39 Å². The molecule has 39 heteroatoms. The van der Waals surface area contributed by atoms with Gasteiger partial charge in [0.15, 0.2) is 0 Å². The number of carbonyl (C=O) groups is 9. The number of nitrogens with two attached hydrogens (primary N) is 1. The molecule has 33 nitrogen and oxygen atoms in total. The molecular weight excluding hydrogens is 1770 g/mol. The number of nitrogens with zero attached hydrogens (tertiary/aromatic N) is 19. The third kappa shape index (κ3) is 29.7. The summed E-state index contributed by atoms with van der Waals surface area (Å²) in [5, 5.41) is 40.1. The Morgan fingerprint density at radius 1 is 0.460 bits per heavy atom. The minimum absolute atomic E-state index is 0. The monoisotopic (exact) mass is 1900 g/mol. The van der Waals surface area contributed by atoms with E-state index < -0.39 is 71.2 Å². The van der Waals surface area contributed by atoms with Crippen LogP contribution in [0.5, 0.6) is 0 Å². The third-order valence-electron chi connectivity index (χ3n) is 25.1. The molecule has 0 spiro atoms. The van der Waals surface area contributed by atoms with E-state index in [1.807, 2.05) is 67.5 Å². The first kappa shape index (κ1) is 106. The number of piperazine rings is 3. The second-order valence-corrected chi connectivity index (χ2v) is 34.6. The predicted molar refractivity (Wildman–Crippen MR) is 505 cm³/mol. The van der Waals surface area contributed by atoms with Gasteiger partial charge in [0.2, 0.25) is 29.5 Å². The standard InChI is InChI=1S/C31H37F2N7O2.C28H33F2N7O2.C22H33FN4O.C9H6FN3O2.C6H8N2O3.2CH4/c1-3-13-38(29-21-26(29)22-6-8-23(32)9-7-22)14-4-5-28(31(42)39-18-16-37(2)17-19-39)35-30(41)25-11-10-24(20-27(25)33)40-15-12-34-36-40;1-35-13-15-36(16-14-35)28(39)25(3-2-10-31-26-18-23(26)19-4-6-20(29)7-5-19)33-27(38)22-9-8-21(17-24(22)30)37-12-11-32-34-37;1-3-10-26(21-16-19(21)17-6-8-18(23)9-7-17)11-4-5-20(24)22(28)27-14-12-25(2)13-15-27;10-8-5-6(13-4-3-11-12-13)1-2-7(8)9(14)15;1-7-4(9)3-5(10)8(2)6(7)11;;/h3,6-12,15,20,26,28-29H,1,4-5,13-14,16-19,21H2,2H3,(H,35,41);4-9,11-12,17,23,25-26,31H,2-3,10,13-16,18H2,1H3,(H,33,38);3,6-9,19-21H,1,4-5,10-16,24H2,2H3;1-5H,(H,14,15);3H2,1-2H3;2*1H4/t26-,28-,29+;23-,25-,26+;19-,20-,21+;;;;/m000..../s1. The Kier molecular flexibility index (Phi) is 39.2. The van der Waals surface area contributed by atoms with Gasteiger partial charge in [-0.2, -0.15) is 0 Å². The number of hydrogen-bond acceptors (Lipinski definition) is 22. The van der Waals surface area contributed by atoms with Gasteiger partial charge in [0.05, 0.1) is 77.0 Å². The Morgan fingerprint density at radius 2 is 0.803 bits per heavy atom. The molecule has 0 radical (unpaired) electrons. The van der Waals surface area contributed by atoms with Crippen LogP contribution in [0.3, 0.4) is 0 Å². The number of hydrogen-bond donors (Lipinski definition) is 5. The zero-order valence-electron chi connectivity index (χ0n) is 76.4. The van der Waals surface area contributed by atoms with Gasteiger partial charge >= 0.3 is 12.0 Å². The van der Waals surface area contributed by atoms with Crippen molar-refractivity contribution < 1.29 is 74.6 Å². The SMILES string of the molecule is C.C.C=CCN(CCC[C@H](N)C(=O)N1CCN(C)CC1)[C@@H]1C[C@H]1c1ccc(F)cc1.C=CCN(CCC[C@H](NC(=O)c1ccc(-n2ccnn2)cc1F)C(=O)N1CCN(C)CC1)[C@@H]1C[C@H]1c1ccc(F)cc1.CN1C(=O)CC(=O)N(C)C1=O.CN1CCN(C(=O)[C@H](CCCN[C@@H]2C[C@H]2c2ccc(F)cc2)NC(=O)c2ccc(-n3ccnn3)cc2F)CC1.O=C(O)c1ccc(-n2ccnn2)cc1F. The highest BCUT2D eigenvalue weighted by atomic mass is 19.1.